The molecular weight excluding hydrogens is 236 g/mol. The van der Waals surface area contributed by atoms with E-state index < -0.39 is 5.97 Å². The summed E-state index contributed by atoms with van der Waals surface area (Å²) in [6.45, 7) is 0. The normalized spacial score (nSPS) is 10.3. The molecule has 6 heteroatoms. The smallest absolute Gasteiger partial charge is 0.335 e. The summed E-state index contributed by atoms with van der Waals surface area (Å²) in [7, 11) is 3.10. The predicted molar refractivity (Wildman–Crippen MR) is 63.8 cm³/mol. The number of aromatic nitrogens is 2. The van der Waals surface area contributed by atoms with Crippen LogP contribution in [-0.2, 0) is 7.05 Å². The van der Waals surface area contributed by atoms with Gasteiger partial charge in [-0.15, -0.1) is 0 Å². The van der Waals surface area contributed by atoms with Crippen LogP contribution in [0.25, 0.3) is 11.1 Å². The second-order valence-corrected chi connectivity index (χ2v) is 3.78. The Labute approximate surface area is 103 Å². The molecule has 2 aromatic rings. The first kappa shape index (κ1) is 12.0. The average molecular weight is 248 g/mol. The van der Waals surface area contributed by atoms with Crippen molar-refractivity contribution in [3.05, 3.63) is 30.1 Å². The third kappa shape index (κ3) is 2.00. The lowest BCUT2D eigenvalue weighted by molar-refractivity contribution is 0.0696. The summed E-state index contributed by atoms with van der Waals surface area (Å²) in [4.78, 5) is 11.0. The van der Waals surface area contributed by atoms with Gasteiger partial charge in [0.15, 0.2) is 11.5 Å². The van der Waals surface area contributed by atoms with E-state index in [9.17, 15) is 9.90 Å². The van der Waals surface area contributed by atoms with Crippen molar-refractivity contribution >= 4 is 5.97 Å². The highest BCUT2D eigenvalue weighted by Gasteiger charge is 2.16. The average Bonchev–Trinajstić information content (AvgIpc) is 2.75. The summed E-state index contributed by atoms with van der Waals surface area (Å²) in [6, 6.07) is 2.66. The zero-order valence-corrected chi connectivity index (χ0v) is 9.91. The molecule has 0 fully saturated rings. The Hall–Kier alpha value is -2.50. The first-order chi connectivity index (χ1) is 8.52. The maximum Gasteiger partial charge on any atom is 0.335 e. The number of ether oxygens (including phenoxy) is 1. The van der Waals surface area contributed by atoms with Gasteiger partial charge in [-0.2, -0.15) is 5.10 Å². The molecule has 0 radical (unpaired) electrons. The van der Waals surface area contributed by atoms with Gasteiger partial charge in [0.25, 0.3) is 0 Å². The van der Waals surface area contributed by atoms with E-state index in [-0.39, 0.29) is 17.1 Å². The number of hydrogen-bond donors (Lipinski definition) is 2. The first-order valence-corrected chi connectivity index (χ1v) is 5.16. The van der Waals surface area contributed by atoms with Crippen LogP contribution < -0.4 is 4.74 Å². The highest BCUT2D eigenvalue weighted by Crippen LogP contribution is 2.38. The number of benzene rings is 1. The van der Waals surface area contributed by atoms with Crippen LogP contribution >= 0.6 is 0 Å². The number of phenols is 1. The van der Waals surface area contributed by atoms with Crippen LogP contribution in [-0.4, -0.2) is 33.1 Å². The molecule has 1 aromatic heterocycles. The van der Waals surface area contributed by atoms with Gasteiger partial charge in [-0.1, -0.05) is 0 Å². The number of methoxy groups -OCH3 is 1. The zero-order chi connectivity index (χ0) is 13.3. The molecule has 0 unspecified atom stereocenters. The van der Waals surface area contributed by atoms with Gasteiger partial charge in [-0.3, -0.25) is 4.68 Å². The van der Waals surface area contributed by atoms with Gasteiger partial charge >= 0.3 is 5.97 Å². The summed E-state index contributed by atoms with van der Waals surface area (Å²) in [5.74, 6) is -1.07. The molecule has 0 saturated carbocycles. The van der Waals surface area contributed by atoms with Crippen LogP contribution in [0.15, 0.2) is 24.5 Å². The summed E-state index contributed by atoms with van der Waals surface area (Å²) in [5.41, 5.74) is 1.04. The summed E-state index contributed by atoms with van der Waals surface area (Å²) in [6.07, 6.45) is 3.22. The summed E-state index contributed by atoms with van der Waals surface area (Å²) in [5, 5.41) is 23.0. The summed E-state index contributed by atoms with van der Waals surface area (Å²) < 4.78 is 6.53. The molecule has 0 spiro atoms. The number of phenolic OH excluding ortho intramolecular Hbond substituents is 1. The lowest BCUT2D eigenvalue weighted by Gasteiger charge is -2.09. The van der Waals surface area contributed by atoms with Crippen molar-refractivity contribution in [3.8, 4) is 22.6 Å². The van der Waals surface area contributed by atoms with E-state index in [0.29, 0.717) is 11.1 Å². The van der Waals surface area contributed by atoms with Gasteiger partial charge < -0.3 is 14.9 Å². The molecule has 0 aliphatic rings. The van der Waals surface area contributed by atoms with Crippen molar-refractivity contribution in [2.24, 2.45) is 7.05 Å². The second kappa shape index (κ2) is 4.40. The predicted octanol–water partition coefficient (Wildman–Crippen LogP) is 1.50. The van der Waals surface area contributed by atoms with Gasteiger partial charge in [0, 0.05) is 24.4 Å². The number of aryl methyl sites for hydroxylation is 1. The minimum Gasteiger partial charge on any atom is -0.504 e. The molecule has 0 aliphatic carbocycles. The Kier molecular flexibility index (Phi) is 2.93. The van der Waals surface area contributed by atoms with E-state index in [1.54, 1.807) is 24.1 Å². The quantitative estimate of drug-likeness (QED) is 0.859. The monoisotopic (exact) mass is 248 g/mol. The Balaban J connectivity index is 2.65. The lowest BCUT2D eigenvalue weighted by atomic mass is 10.0. The lowest BCUT2D eigenvalue weighted by Crippen LogP contribution is -1.98. The molecule has 1 aromatic carbocycles. The molecule has 2 rings (SSSR count). The van der Waals surface area contributed by atoms with Gasteiger partial charge in [0.1, 0.15) is 0 Å². The van der Waals surface area contributed by atoms with Gasteiger partial charge in [0.05, 0.1) is 18.9 Å². The highest BCUT2D eigenvalue weighted by atomic mass is 16.5. The largest absolute Gasteiger partial charge is 0.504 e. The summed E-state index contributed by atoms with van der Waals surface area (Å²) >= 11 is 0. The molecule has 6 nitrogen and oxygen atoms in total. The van der Waals surface area contributed by atoms with Crippen LogP contribution in [0.3, 0.4) is 0 Å². The molecule has 94 valence electrons. The molecule has 0 atom stereocenters. The van der Waals surface area contributed by atoms with Gasteiger partial charge in [0.2, 0.25) is 0 Å². The molecule has 0 amide bonds. The SMILES string of the molecule is COc1cc(C(=O)O)cc(-c2cnn(C)c2)c1O. The number of carboxylic acid groups (broad SMARTS) is 1. The van der Waals surface area contributed by atoms with E-state index >= 15 is 0 Å². The standard InChI is InChI=1S/C12H12N2O4/c1-14-6-8(5-13-14)9-3-7(12(16)17)4-10(18-2)11(9)15/h3-6,15H,1-2H3,(H,16,17). The fourth-order valence-electron chi connectivity index (χ4n) is 1.67. The Morgan fingerprint density at radius 3 is 2.67 bits per heavy atom. The minimum atomic E-state index is -1.08. The molecule has 0 bridgehead atoms. The number of aromatic hydroxyl groups is 1. The van der Waals surface area contributed by atoms with Crippen LogP contribution in [0.2, 0.25) is 0 Å². The molecule has 1 heterocycles. The Morgan fingerprint density at radius 1 is 1.44 bits per heavy atom. The molecule has 2 N–H and O–H groups in total. The van der Waals surface area contributed by atoms with Crippen LogP contribution in [0.4, 0.5) is 0 Å². The van der Waals surface area contributed by atoms with Crippen molar-refractivity contribution in [3.63, 3.8) is 0 Å². The maximum absolute atomic E-state index is 11.0. The van der Waals surface area contributed by atoms with E-state index in [0.717, 1.165) is 0 Å². The fraction of sp³-hybridized carbons (Fsp3) is 0.167. The molecular formula is C12H12N2O4. The van der Waals surface area contributed by atoms with E-state index in [1.807, 2.05) is 0 Å². The van der Waals surface area contributed by atoms with E-state index in [1.165, 1.54) is 19.2 Å². The Morgan fingerprint density at radius 2 is 2.17 bits per heavy atom. The van der Waals surface area contributed by atoms with E-state index in [4.69, 9.17) is 9.84 Å². The van der Waals surface area contributed by atoms with Crippen LogP contribution in [0, 0.1) is 0 Å². The topological polar surface area (TPSA) is 84.6 Å². The molecule has 0 saturated heterocycles. The third-order valence-electron chi connectivity index (χ3n) is 2.56. The van der Waals surface area contributed by atoms with Crippen molar-refractivity contribution in [2.45, 2.75) is 0 Å². The van der Waals surface area contributed by atoms with Crippen LogP contribution in [0.5, 0.6) is 11.5 Å². The second-order valence-electron chi connectivity index (χ2n) is 3.78. The number of rotatable bonds is 3. The van der Waals surface area contributed by atoms with Crippen molar-refractivity contribution in [2.75, 3.05) is 7.11 Å². The molecule has 0 aliphatic heterocycles. The number of aromatic carboxylic acids is 1. The fourth-order valence-corrected chi connectivity index (χ4v) is 1.67. The number of carboxylic acids is 1. The van der Waals surface area contributed by atoms with Gasteiger partial charge in [-0.25, -0.2) is 4.79 Å². The number of carbonyl (C=O) groups is 1. The van der Waals surface area contributed by atoms with Gasteiger partial charge in [-0.05, 0) is 12.1 Å². The van der Waals surface area contributed by atoms with Crippen molar-refractivity contribution < 1.29 is 19.7 Å². The van der Waals surface area contributed by atoms with Crippen LogP contribution in [0.1, 0.15) is 10.4 Å². The maximum atomic E-state index is 11.0. The first-order valence-electron chi connectivity index (χ1n) is 5.16. The number of hydrogen-bond acceptors (Lipinski definition) is 4. The molecule has 18 heavy (non-hydrogen) atoms. The minimum absolute atomic E-state index is 0.0449. The van der Waals surface area contributed by atoms with Crippen molar-refractivity contribution in [1.29, 1.82) is 0 Å². The third-order valence-corrected chi connectivity index (χ3v) is 2.56. The highest BCUT2D eigenvalue weighted by molar-refractivity contribution is 5.91. The zero-order valence-electron chi connectivity index (χ0n) is 9.91. The Bertz CT molecular complexity index is 604. The number of nitrogens with zero attached hydrogens (tertiary/aromatic N) is 2. The van der Waals surface area contributed by atoms with E-state index in [2.05, 4.69) is 5.10 Å². The van der Waals surface area contributed by atoms with Crippen molar-refractivity contribution in [1.82, 2.24) is 9.78 Å².